The molecule has 0 fully saturated rings. The first kappa shape index (κ1) is 11.7. The summed E-state index contributed by atoms with van der Waals surface area (Å²) in [7, 11) is 0. The molecule has 1 atom stereocenters. The topological polar surface area (TPSA) is 88.2 Å². The van der Waals surface area contributed by atoms with E-state index in [4.69, 9.17) is 5.26 Å². The van der Waals surface area contributed by atoms with Crippen LogP contribution in [0.4, 0.5) is 5.69 Å². The molecule has 86 valence electrons. The smallest absolute Gasteiger partial charge is 0.207 e. The van der Waals surface area contributed by atoms with Crippen molar-refractivity contribution in [1.82, 2.24) is 8.76 Å². The SMILES string of the molecule is N#CC(=NNc1ccccc1)C1N=NNN1I. The number of benzene rings is 1. The van der Waals surface area contributed by atoms with E-state index in [1.54, 1.807) is 3.22 Å². The summed E-state index contributed by atoms with van der Waals surface area (Å²) in [4.78, 5) is 0. The van der Waals surface area contributed by atoms with Gasteiger partial charge in [0.2, 0.25) is 6.17 Å². The summed E-state index contributed by atoms with van der Waals surface area (Å²) in [5.41, 5.74) is 6.44. The van der Waals surface area contributed by atoms with Gasteiger partial charge in [0.1, 0.15) is 6.07 Å². The van der Waals surface area contributed by atoms with Gasteiger partial charge < -0.3 is 0 Å². The van der Waals surface area contributed by atoms with Crippen LogP contribution in [0.3, 0.4) is 0 Å². The number of hydrazone groups is 1. The molecule has 0 saturated carbocycles. The fourth-order valence-electron chi connectivity index (χ4n) is 1.16. The van der Waals surface area contributed by atoms with Crippen LogP contribution in [0.1, 0.15) is 0 Å². The molecule has 1 unspecified atom stereocenters. The molecule has 1 aliphatic heterocycles. The van der Waals surface area contributed by atoms with Crippen molar-refractivity contribution in [2.45, 2.75) is 6.17 Å². The third kappa shape index (κ3) is 2.89. The van der Waals surface area contributed by atoms with E-state index < -0.39 is 6.17 Å². The zero-order chi connectivity index (χ0) is 12.1. The molecular weight excluding hydrogens is 333 g/mol. The first-order valence-corrected chi connectivity index (χ1v) is 5.67. The van der Waals surface area contributed by atoms with Gasteiger partial charge in [-0.05, 0) is 12.1 Å². The van der Waals surface area contributed by atoms with Gasteiger partial charge in [-0.15, -0.1) is 8.34 Å². The van der Waals surface area contributed by atoms with E-state index in [1.165, 1.54) is 0 Å². The summed E-state index contributed by atoms with van der Waals surface area (Å²) < 4.78 is 1.56. The highest BCUT2D eigenvalue weighted by Crippen LogP contribution is 2.13. The number of hydrogen-bond donors (Lipinski definition) is 2. The van der Waals surface area contributed by atoms with Crippen molar-refractivity contribution < 1.29 is 0 Å². The van der Waals surface area contributed by atoms with E-state index in [1.807, 2.05) is 59.3 Å². The van der Waals surface area contributed by atoms with Crippen molar-refractivity contribution in [2.24, 2.45) is 15.4 Å². The Hall–Kier alpha value is -1.73. The van der Waals surface area contributed by atoms with E-state index in [-0.39, 0.29) is 5.71 Å². The summed E-state index contributed by atoms with van der Waals surface area (Å²) in [6.07, 6.45) is -0.503. The highest BCUT2D eigenvalue weighted by Gasteiger charge is 2.26. The van der Waals surface area contributed by atoms with Gasteiger partial charge in [-0.2, -0.15) is 10.4 Å². The molecule has 2 rings (SSSR count). The third-order valence-corrected chi connectivity index (χ3v) is 2.70. The highest BCUT2D eigenvalue weighted by molar-refractivity contribution is 14.1. The Kier molecular flexibility index (Phi) is 3.84. The van der Waals surface area contributed by atoms with E-state index in [9.17, 15) is 0 Å². The number of para-hydroxylation sites is 1. The van der Waals surface area contributed by atoms with Crippen LogP contribution in [-0.2, 0) is 0 Å². The van der Waals surface area contributed by atoms with Crippen molar-refractivity contribution in [3.8, 4) is 6.07 Å². The van der Waals surface area contributed by atoms with Gasteiger partial charge in [0, 0.05) is 22.9 Å². The molecule has 0 aliphatic carbocycles. The van der Waals surface area contributed by atoms with Crippen molar-refractivity contribution in [3.05, 3.63) is 30.3 Å². The van der Waals surface area contributed by atoms with Crippen LogP contribution in [0.5, 0.6) is 0 Å². The minimum Gasteiger partial charge on any atom is -0.277 e. The zero-order valence-corrected chi connectivity index (χ0v) is 10.7. The molecule has 0 amide bonds. The second-order valence-corrected chi connectivity index (χ2v) is 4.13. The van der Waals surface area contributed by atoms with Gasteiger partial charge in [-0.3, -0.25) is 5.43 Å². The highest BCUT2D eigenvalue weighted by atomic mass is 127. The standard InChI is InChI=1S/C9H8IN7/c10-17-9(14-15-16-17)8(6-11)13-12-7-4-2-1-3-5-7/h1-5,9,12H,(H,14,16). The van der Waals surface area contributed by atoms with Gasteiger partial charge in [0.25, 0.3) is 0 Å². The molecule has 0 radical (unpaired) electrons. The maximum Gasteiger partial charge on any atom is 0.207 e. The van der Waals surface area contributed by atoms with E-state index in [0.717, 1.165) is 5.69 Å². The number of nitriles is 1. The van der Waals surface area contributed by atoms with Crippen molar-refractivity contribution in [3.63, 3.8) is 0 Å². The van der Waals surface area contributed by atoms with Gasteiger partial charge in [0.15, 0.2) is 5.71 Å². The molecule has 2 N–H and O–H groups in total. The minimum atomic E-state index is -0.503. The number of rotatable bonds is 3. The summed E-state index contributed by atoms with van der Waals surface area (Å²) in [6.45, 7) is 0. The normalized spacial score (nSPS) is 19.8. The summed E-state index contributed by atoms with van der Waals surface area (Å²) in [5, 5.41) is 20.5. The van der Waals surface area contributed by atoms with Gasteiger partial charge in [-0.25, -0.2) is 5.53 Å². The Labute approximate surface area is 112 Å². The van der Waals surface area contributed by atoms with Crippen LogP contribution in [0.15, 0.2) is 45.8 Å². The average molecular weight is 341 g/mol. The first-order valence-electron chi connectivity index (χ1n) is 4.70. The number of nitrogens with one attached hydrogen (secondary N) is 2. The lowest BCUT2D eigenvalue weighted by atomic mass is 10.3. The minimum absolute atomic E-state index is 0.233. The zero-order valence-electron chi connectivity index (χ0n) is 8.58. The fraction of sp³-hybridized carbons (Fsp3) is 0.111. The van der Waals surface area contributed by atoms with Gasteiger partial charge in [-0.1, -0.05) is 23.4 Å². The van der Waals surface area contributed by atoms with Gasteiger partial charge in [0.05, 0.1) is 5.69 Å². The monoisotopic (exact) mass is 341 g/mol. The third-order valence-electron chi connectivity index (χ3n) is 1.96. The molecule has 1 heterocycles. The number of anilines is 1. The molecule has 0 saturated heterocycles. The Morgan fingerprint density at radius 2 is 2.29 bits per heavy atom. The maximum atomic E-state index is 9.00. The van der Waals surface area contributed by atoms with Crippen LogP contribution in [0.2, 0.25) is 0 Å². The van der Waals surface area contributed by atoms with Crippen molar-refractivity contribution in [2.75, 3.05) is 5.43 Å². The molecule has 1 aliphatic rings. The molecule has 8 heteroatoms. The fourth-order valence-corrected chi connectivity index (χ4v) is 1.63. The van der Waals surface area contributed by atoms with E-state index in [2.05, 4.69) is 26.4 Å². The van der Waals surface area contributed by atoms with Crippen LogP contribution in [-0.4, -0.2) is 15.1 Å². The van der Waals surface area contributed by atoms with Crippen LogP contribution in [0.25, 0.3) is 0 Å². The lowest BCUT2D eigenvalue weighted by Gasteiger charge is -2.10. The average Bonchev–Trinajstić information content (AvgIpc) is 2.78. The lowest BCUT2D eigenvalue weighted by molar-refractivity contribution is 0.434. The molecule has 17 heavy (non-hydrogen) atoms. The Balaban J connectivity index is 2.09. The largest absolute Gasteiger partial charge is 0.277 e. The Morgan fingerprint density at radius 3 is 2.88 bits per heavy atom. The summed E-state index contributed by atoms with van der Waals surface area (Å²) >= 11 is 1.96. The van der Waals surface area contributed by atoms with Crippen molar-refractivity contribution in [1.29, 1.82) is 5.26 Å². The van der Waals surface area contributed by atoms with Gasteiger partial charge >= 0.3 is 0 Å². The van der Waals surface area contributed by atoms with E-state index >= 15 is 0 Å². The molecule has 1 aromatic rings. The molecular formula is C9H8IN7. The predicted molar refractivity (Wildman–Crippen MR) is 70.8 cm³/mol. The molecule has 0 bridgehead atoms. The van der Waals surface area contributed by atoms with E-state index in [0.29, 0.717) is 0 Å². The predicted octanol–water partition coefficient (Wildman–Crippen LogP) is 1.84. The van der Waals surface area contributed by atoms with Crippen LogP contribution in [0, 0.1) is 11.3 Å². The molecule has 0 aromatic heterocycles. The summed E-state index contributed by atoms with van der Waals surface area (Å²) in [5.74, 6) is 0. The Bertz CT molecular complexity index is 478. The summed E-state index contributed by atoms with van der Waals surface area (Å²) in [6, 6.07) is 11.4. The molecule has 1 aromatic carbocycles. The quantitative estimate of drug-likeness (QED) is 0.380. The maximum absolute atomic E-state index is 9.00. The van der Waals surface area contributed by atoms with Crippen molar-refractivity contribution >= 4 is 34.3 Å². The second-order valence-electron chi connectivity index (χ2n) is 3.09. The molecule has 0 spiro atoms. The number of hydrazine groups is 1. The Morgan fingerprint density at radius 1 is 1.53 bits per heavy atom. The number of hydrogen-bond acceptors (Lipinski definition) is 7. The van der Waals surface area contributed by atoms with Crippen LogP contribution >= 0.6 is 22.9 Å². The molecule has 7 nitrogen and oxygen atoms in total. The van der Waals surface area contributed by atoms with Crippen LogP contribution < -0.4 is 11.0 Å². The number of nitrogens with zero attached hydrogens (tertiary/aromatic N) is 5. The number of halogens is 1. The first-order chi connectivity index (χ1) is 8.31. The second kappa shape index (κ2) is 5.55. The lowest BCUT2D eigenvalue weighted by Crippen LogP contribution is -2.33.